The molecule has 0 bridgehead atoms. The number of likely N-dealkylation sites (tertiary alicyclic amines) is 3. The molecule has 5 nitrogen and oxygen atoms in total. The summed E-state index contributed by atoms with van der Waals surface area (Å²) in [5, 5.41) is 0. The molecule has 1 aromatic rings. The monoisotopic (exact) mass is 384 g/mol. The first kappa shape index (κ1) is 19.8. The van der Waals surface area contributed by atoms with E-state index in [0.717, 1.165) is 64.3 Å². The van der Waals surface area contributed by atoms with Crippen LogP contribution in [0.4, 0.5) is 0 Å². The van der Waals surface area contributed by atoms with E-state index in [1.54, 1.807) is 0 Å². The quantitative estimate of drug-likeness (QED) is 0.800. The second-order valence-electron chi connectivity index (χ2n) is 8.97. The zero-order valence-electron chi connectivity index (χ0n) is 17.5. The van der Waals surface area contributed by atoms with Gasteiger partial charge in [0.2, 0.25) is 5.91 Å². The molecule has 3 fully saturated rings. The maximum absolute atomic E-state index is 12.8. The van der Waals surface area contributed by atoms with Gasteiger partial charge in [0.25, 0.3) is 0 Å². The Morgan fingerprint density at radius 3 is 2.36 bits per heavy atom. The number of nitrogens with zero attached hydrogens (tertiary/aromatic N) is 4. The third-order valence-electron chi connectivity index (χ3n) is 6.95. The Kier molecular flexibility index (Phi) is 6.63. The van der Waals surface area contributed by atoms with Crippen LogP contribution in [-0.4, -0.2) is 70.9 Å². The van der Waals surface area contributed by atoms with Crippen LogP contribution in [0.1, 0.15) is 56.3 Å². The van der Waals surface area contributed by atoms with Gasteiger partial charge in [-0.2, -0.15) is 0 Å². The Morgan fingerprint density at radius 2 is 1.68 bits per heavy atom. The summed E-state index contributed by atoms with van der Waals surface area (Å²) in [6, 6.07) is 7.02. The smallest absolute Gasteiger partial charge is 0.225 e. The van der Waals surface area contributed by atoms with Crippen molar-refractivity contribution in [1.82, 2.24) is 19.7 Å². The number of carbonyl (C=O) groups excluding carboxylic acids is 1. The molecule has 4 heterocycles. The molecule has 1 amide bonds. The fourth-order valence-electron chi connectivity index (χ4n) is 5.24. The number of aromatic nitrogens is 1. The highest BCUT2D eigenvalue weighted by Gasteiger charge is 2.32. The summed E-state index contributed by atoms with van der Waals surface area (Å²) in [7, 11) is 0. The summed E-state index contributed by atoms with van der Waals surface area (Å²) >= 11 is 0. The highest BCUT2D eigenvalue weighted by Crippen LogP contribution is 2.26. The first-order valence-electron chi connectivity index (χ1n) is 11.4. The summed E-state index contributed by atoms with van der Waals surface area (Å²) in [5.41, 5.74) is 2.30. The molecule has 3 aliphatic rings. The summed E-state index contributed by atoms with van der Waals surface area (Å²) in [5.74, 6) is 0.724. The summed E-state index contributed by atoms with van der Waals surface area (Å²) in [6.45, 7) is 9.55. The highest BCUT2D eigenvalue weighted by molar-refractivity contribution is 5.79. The summed E-state index contributed by atoms with van der Waals surface area (Å²) in [6.07, 6.45) is 8.29. The second-order valence-corrected chi connectivity index (χ2v) is 8.97. The van der Waals surface area contributed by atoms with E-state index < -0.39 is 0 Å². The average Bonchev–Trinajstić information content (AvgIpc) is 2.75. The van der Waals surface area contributed by atoms with Gasteiger partial charge in [0.15, 0.2) is 0 Å². The Labute approximate surface area is 170 Å². The van der Waals surface area contributed by atoms with Gasteiger partial charge in [-0.1, -0.05) is 6.07 Å². The van der Waals surface area contributed by atoms with Crippen molar-refractivity contribution >= 4 is 5.91 Å². The number of amides is 1. The fourth-order valence-corrected chi connectivity index (χ4v) is 5.24. The van der Waals surface area contributed by atoms with Crippen LogP contribution < -0.4 is 0 Å². The van der Waals surface area contributed by atoms with Gasteiger partial charge in [0, 0.05) is 50.4 Å². The van der Waals surface area contributed by atoms with Crippen LogP contribution in [0.25, 0.3) is 0 Å². The van der Waals surface area contributed by atoms with Crippen molar-refractivity contribution in [2.24, 2.45) is 5.92 Å². The maximum atomic E-state index is 12.8. The van der Waals surface area contributed by atoms with Gasteiger partial charge in [-0.15, -0.1) is 0 Å². The van der Waals surface area contributed by atoms with Crippen molar-refractivity contribution in [3.8, 4) is 0 Å². The molecule has 154 valence electrons. The largest absolute Gasteiger partial charge is 0.342 e. The van der Waals surface area contributed by atoms with E-state index >= 15 is 0 Å². The topological polar surface area (TPSA) is 39.7 Å². The predicted octanol–water partition coefficient (Wildman–Crippen LogP) is 3.08. The minimum absolute atomic E-state index is 0.279. The van der Waals surface area contributed by atoms with Gasteiger partial charge >= 0.3 is 0 Å². The highest BCUT2D eigenvalue weighted by atomic mass is 16.2. The Hall–Kier alpha value is -1.46. The molecule has 0 radical (unpaired) electrons. The van der Waals surface area contributed by atoms with Crippen molar-refractivity contribution in [2.75, 3.05) is 39.3 Å². The van der Waals surface area contributed by atoms with Crippen molar-refractivity contribution in [3.63, 3.8) is 0 Å². The first-order valence-corrected chi connectivity index (χ1v) is 11.4. The SMILES string of the molecule is Cc1cccc(CN2CCC(N3CCC(C(=O)N4CCCCC4)CC3)CC2)n1. The lowest BCUT2D eigenvalue weighted by atomic mass is 9.91. The Balaban J connectivity index is 1.20. The standard InChI is InChI=1S/C23H36N4O/c1-19-6-5-7-21(24-19)18-25-14-10-22(11-15-25)26-16-8-20(9-17-26)23(28)27-12-3-2-4-13-27/h5-7,20,22H,2-4,8-18H2,1H3. The molecule has 0 aromatic carbocycles. The van der Waals surface area contributed by atoms with Gasteiger partial charge in [-0.25, -0.2) is 0 Å². The fraction of sp³-hybridized carbons (Fsp3) is 0.739. The van der Waals surface area contributed by atoms with Crippen molar-refractivity contribution in [2.45, 2.75) is 64.5 Å². The molecule has 0 spiro atoms. The Morgan fingerprint density at radius 1 is 0.964 bits per heavy atom. The molecule has 0 N–H and O–H groups in total. The molecule has 3 saturated heterocycles. The van der Waals surface area contributed by atoms with Gasteiger partial charge in [0.05, 0.1) is 5.69 Å². The molecule has 4 rings (SSSR count). The molecule has 0 unspecified atom stereocenters. The third-order valence-corrected chi connectivity index (χ3v) is 6.95. The average molecular weight is 385 g/mol. The normalized spacial score (nSPS) is 23.8. The van der Waals surface area contributed by atoms with E-state index in [1.165, 1.54) is 37.8 Å². The number of piperidine rings is 3. The molecular weight excluding hydrogens is 348 g/mol. The number of hydrogen-bond acceptors (Lipinski definition) is 4. The van der Waals surface area contributed by atoms with Gasteiger partial charge in [-0.3, -0.25) is 14.7 Å². The molecule has 0 aliphatic carbocycles. The number of carbonyl (C=O) groups is 1. The van der Waals surface area contributed by atoms with Gasteiger partial charge < -0.3 is 9.80 Å². The molecule has 0 saturated carbocycles. The molecule has 28 heavy (non-hydrogen) atoms. The van der Waals surface area contributed by atoms with Crippen molar-refractivity contribution in [3.05, 3.63) is 29.6 Å². The molecular formula is C23H36N4O. The molecule has 3 aliphatic heterocycles. The van der Waals surface area contributed by atoms with Crippen molar-refractivity contribution in [1.29, 1.82) is 0 Å². The lowest BCUT2D eigenvalue weighted by Gasteiger charge is -2.42. The number of pyridine rings is 1. The van der Waals surface area contributed by atoms with Crippen LogP contribution in [0.2, 0.25) is 0 Å². The van der Waals surface area contributed by atoms with E-state index in [0.29, 0.717) is 11.9 Å². The number of hydrogen-bond donors (Lipinski definition) is 0. The molecule has 5 heteroatoms. The van der Waals surface area contributed by atoms with Gasteiger partial charge in [-0.05, 0) is 77.1 Å². The minimum Gasteiger partial charge on any atom is -0.342 e. The van der Waals surface area contributed by atoms with Crippen LogP contribution in [-0.2, 0) is 11.3 Å². The molecule has 0 atom stereocenters. The minimum atomic E-state index is 0.279. The van der Waals surface area contributed by atoms with Crippen LogP contribution in [0.5, 0.6) is 0 Å². The number of aryl methyl sites for hydroxylation is 1. The Bertz CT molecular complexity index is 642. The molecule has 1 aromatic heterocycles. The lowest BCUT2D eigenvalue weighted by Crippen LogP contribution is -2.49. The van der Waals surface area contributed by atoms with E-state index in [1.807, 2.05) is 0 Å². The zero-order chi connectivity index (χ0) is 19.3. The van der Waals surface area contributed by atoms with E-state index in [2.05, 4.69) is 44.8 Å². The van der Waals surface area contributed by atoms with E-state index in [9.17, 15) is 4.79 Å². The summed E-state index contributed by atoms with van der Waals surface area (Å²) < 4.78 is 0. The van der Waals surface area contributed by atoms with Gasteiger partial charge in [0.1, 0.15) is 0 Å². The first-order chi connectivity index (χ1) is 13.7. The van der Waals surface area contributed by atoms with Crippen molar-refractivity contribution < 1.29 is 4.79 Å². The zero-order valence-corrected chi connectivity index (χ0v) is 17.5. The lowest BCUT2D eigenvalue weighted by molar-refractivity contribution is -0.138. The van der Waals surface area contributed by atoms with E-state index in [4.69, 9.17) is 0 Å². The van der Waals surface area contributed by atoms with E-state index in [-0.39, 0.29) is 5.92 Å². The third kappa shape index (κ3) is 4.93. The van der Waals surface area contributed by atoms with Crippen LogP contribution in [0.15, 0.2) is 18.2 Å². The summed E-state index contributed by atoms with van der Waals surface area (Å²) in [4.78, 5) is 24.8. The maximum Gasteiger partial charge on any atom is 0.225 e. The predicted molar refractivity (Wildman–Crippen MR) is 112 cm³/mol. The van der Waals surface area contributed by atoms with Crippen LogP contribution in [0, 0.1) is 12.8 Å². The second kappa shape index (κ2) is 9.36. The van der Waals surface area contributed by atoms with Crippen LogP contribution in [0.3, 0.4) is 0 Å². The van der Waals surface area contributed by atoms with Crippen LogP contribution >= 0.6 is 0 Å². The number of rotatable bonds is 4.